The van der Waals surface area contributed by atoms with Crippen molar-refractivity contribution in [2.24, 2.45) is 11.8 Å². The molecule has 0 bridgehead atoms. The molecule has 17 nitrogen and oxygen atoms in total. The Bertz CT molecular complexity index is 2120. The molecule has 2 saturated heterocycles. The van der Waals surface area contributed by atoms with Gasteiger partial charge in [0.05, 0.1) is 71.6 Å². The van der Waals surface area contributed by atoms with Crippen LogP contribution in [0.3, 0.4) is 0 Å². The van der Waals surface area contributed by atoms with E-state index in [9.17, 15) is 38.1 Å². The van der Waals surface area contributed by atoms with Gasteiger partial charge in [0.15, 0.2) is 0 Å². The number of carbonyl (C=O) groups excluding carboxylic acids is 3. The van der Waals surface area contributed by atoms with Gasteiger partial charge >= 0.3 is 17.9 Å². The van der Waals surface area contributed by atoms with E-state index in [1.165, 1.54) is 19.2 Å². The number of nitrogens with zero attached hydrogens (tertiary/aromatic N) is 6. The van der Waals surface area contributed by atoms with E-state index in [2.05, 4.69) is 14.7 Å². The molecule has 2 N–H and O–H groups in total. The number of anilines is 2. The summed E-state index contributed by atoms with van der Waals surface area (Å²) in [6, 6.07) is 13.4. The summed E-state index contributed by atoms with van der Waals surface area (Å²) in [7, 11) is -2.36. The smallest absolute Gasteiger partial charge is 0.340 e. The molecule has 0 atom stereocenters. The first-order valence-corrected chi connectivity index (χ1v) is 18.4. The standard InChI is InChI=1S/C22H24N4O6S.C14H15N3O4/c1-4-32-22(28)19-9-16(10-23)20(24-14(19)2)26-11-17(12-26)21(27)25-33(29,30)13-15-5-7-18(31-3)8-6-15;1-3-21-14(20)11-4-9(5-15)12(16-8(11)2)17-6-10(7-17)13(18)19/h5-9,17H,4,11-13H2,1-3H3,(H,25,27);4,10H,3,6-7H2,1-2H3,(H,18,19). The van der Waals surface area contributed by atoms with E-state index >= 15 is 0 Å². The first-order chi connectivity index (χ1) is 25.6. The van der Waals surface area contributed by atoms with Crippen LogP contribution in [0.5, 0.6) is 5.75 Å². The van der Waals surface area contributed by atoms with Gasteiger partial charge in [-0.3, -0.25) is 14.3 Å². The van der Waals surface area contributed by atoms with Crippen molar-refractivity contribution in [3.8, 4) is 17.9 Å². The van der Waals surface area contributed by atoms with Crippen molar-refractivity contribution in [1.29, 1.82) is 10.5 Å². The zero-order chi connectivity index (χ0) is 39.7. The van der Waals surface area contributed by atoms with E-state index in [1.807, 2.05) is 12.1 Å². The zero-order valence-corrected chi connectivity index (χ0v) is 31.1. The van der Waals surface area contributed by atoms with Gasteiger partial charge in [0.1, 0.15) is 29.5 Å². The molecule has 1 aromatic carbocycles. The Hall–Kier alpha value is -6.27. The first kappa shape index (κ1) is 40.5. The second kappa shape index (κ2) is 17.5. The molecule has 0 radical (unpaired) electrons. The lowest BCUT2D eigenvalue weighted by Gasteiger charge is -2.39. The lowest BCUT2D eigenvalue weighted by molar-refractivity contribution is -0.142. The summed E-state index contributed by atoms with van der Waals surface area (Å²) >= 11 is 0. The number of rotatable bonds is 12. The number of esters is 2. The number of sulfonamides is 1. The number of carbonyl (C=O) groups is 4. The van der Waals surface area contributed by atoms with Crippen molar-refractivity contribution in [1.82, 2.24) is 14.7 Å². The molecule has 1 amide bonds. The number of hydrogen-bond acceptors (Lipinski definition) is 15. The fourth-order valence-electron chi connectivity index (χ4n) is 5.50. The zero-order valence-electron chi connectivity index (χ0n) is 30.3. The largest absolute Gasteiger partial charge is 0.497 e. The highest BCUT2D eigenvalue weighted by Gasteiger charge is 2.37. The third-order valence-electron chi connectivity index (χ3n) is 8.47. The first-order valence-electron chi connectivity index (χ1n) is 16.7. The molecule has 284 valence electrons. The van der Waals surface area contributed by atoms with Gasteiger partial charge in [-0.1, -0.05) is 12.1 Å². The Morgan fingerprint density at radius 3 is 1.67 bits per heavy atom. The van der Waals surface area contributed by atoms with E-state index < -0.39 is 45.7 Å². The van der Waals surface area contributed by atoms with Crippen molar-refractivity contribution in [3.63, 3.8) is 0 Å². The molecule has 4 heterocycles. The fourth-order valence-corrected chi connectivity index (χ4v) is 6.68. The van der Waals surface area contributed by atoms with Crippen molar-refractivity contribution in [3.05, 3.63) is 75.6 Å². The lowest BCUT2D eigenvalue weighted by Crippen LogP contribution is -2.55. The predicted molar refractivity (Wildman–Crippen MR) is 192 cm³/mol. The van der Waals surface area contributed by atoms with E-state index in [0.717, 1.165) is 0 Å². The van der Waals surface area contributed by atoms with Crippen molar-refractivity contribution < 1.29 is 46.9 Å². The van der Waals surface area contributed by atoms with Crippen LogP contribution in [0, 0.1) is 48.3 Å². The van der Waals surface area contributed by atoms with Gasteiger partial charge in [-0.25, -0.2) is 28.0 Å². The topological polar surface area (TPSA) is 242 Å². The molecule has 5 rings (SSSR count). The summed E-state index contributed by atoms with van der Waals surface area (Å²) < 4.78 is 41.8. The van der Waals surface area contributed by atoms with Crippen molar-refractivity contribution >= 4 is 45.5 Å². The molecule has 2 aliphatic heterocycles. The van der Waals surface area contributed by atoms with Crippen LogP contribution < -0.4 is 19.3 Å². The monoisotopic (exact) mass is 761 g/mol. The molecule has 3 aromatic rings. The predicted octanol–water partition coefficient (Wildman–Crippen LogP) is 2.49. The van der Waals surface area contributed by atoms with Gasteiger partial charge in [0.25, 0.3) is 0 Å². The van der Waals surface area contributed by atoms with E-state index in [1.54, 1.807) is 61.8 Å². The number of amides is 1. The number of hydrogen-bond donors (Lipinski definition) is 2. The molecular weight excluding hydrogens is 723 g/mol. The quantitative estimate of drug-likeness (QED) is 0.252. The molecule has 2 fully saturated rings. The number of carboxylic acid groups (broad SMARTS) is 1. The summed E-state index contributed by atoms with van der Waals surface area (Å²) in [5.74, 6) is -2.54. The Morgan fingerprint density at radius 2 is 1.28 bits per heavy atom. The summed E-state index contributed by atoms with van der Waals surface area (Å²) in [6.07, 6.45) is 0. The molecular formula is C36H39N7O10S. The van der Waals surface area contributed by atoms with Crippen LogP contribution >= 0.6 is 0 Å². The van der Waals surface area contributed by atoms with Gasteiger partial charge in [0.2, 0.25) is 15.9 Å². The Morgan fingerprint density at radius 1 is 0.833 bits per heavy atom. The second-order valence-corrected chi connectivity index (χ2v) is 14.0. The maximum absolute atomic E-state index is 12.5. The number of nitriles is 2. The summed E-state index contributed by atoms with van der Waals surface area (Å²) in [5, 5.41) is 27.6. The van der Waals surface area contributed by atoms with Crippen LogP contribution in [0.15, 0.2) is 36.4 Å². The van der Waals surface area contributed by atoms with E-state index in [-0.39, 0.29) is 54.3 Å². The maximum Gasteiger partial charge on any atom is 0.340 e. The van der Waals surface area contributed by atoms with Gasteiger partial charge in [-0.15, -0.1) is 0 Å². The van der Waals surface area contributed by atoms with Crippen LogP contribution in [-0.2, 0) is 34.8 Å². The molecule has 2 aromatic heterocycles. The number of benzene rings is 1. The number of pyridine rings is 2. The minimum atomic E-state index is -3.88. The lowest BCUT2D eigenvalue weighted by atomic mass is 9.98. The molecule has 2 aliphatic rings. The van der Waals surface area contributed by atoms with Crippen LogP contribution in [0.1, 0.15) is 62.6 Å². The van der Waals surface area contributed by atoms with Crippen LogP contribution in [0.25, 0.3) is 0 Å². The summed E-state index contributed by atoms with van der Waals surface area (Å²) in [4.78, 5) is 59.1. The number of aryl methyl sites for hydroxylation is 2. The minimum absolute atomic E-state index is 0.176. The fraction of sp³-hybridized carbons (Fsp3) is 0.389. The highest BCUT2D eigenvalue weighted by Crippen LogP contribution is 2.29. The highest BCUT2D eigenvalue weighted by atomic mass is 32.2. The number of nitrogens with one attached hydrogen (secondary N) is 1. The number of aliphatic carboxylic acids is 1. The van der Waals surface area contributed by atoms with E-state index in [4.69, 9.17) is 19.3 Å². The third kappa shape index (κ3) is 9.58. The minimum Gasteiger partial charge on any atom is -0.497 e. The average molecular weight is 762 g/mol. The third-order valence-corrected chi connectivity index (χ3v) is 9.70. The molecule has 0 saturated carbocycles. The van der Waals surface area contributed by atoms with E-state index in [0.29, 0.717) is 47.4 Å². The van der Waals surface area contributed by atoms with Crippen molar-refractivity contribution in [2.45, 2.75) is 33.4 Å². The van der Waals surface area contributed by atoms with Gasteiger partial charge < -0.3 is 29.1 Å². The van der Waals surface area contributed by atoms with Gasteiger partial charge in [0, 0.05) is 26.2 Å². The number of methoxy groups -OCH3 is 1. The number of carboxylic acids is 1. The highest BCUT2D eigenvalue weighted by molar-refractivity contribution is 7.89. The van der Waals surface area contributed by atoms with Gasteiger partial charge in [-0.2, -0.15) is 10.5 Å². The summed E-state index contributed by atoms with van der Waals surface area (Å²) in [6.45, 7) is 8.14. The van der Waals surface area contributed by atoms with Crippen LogP contribution in [0.2, 0.25) is 0 Å². The average Bonchev–Trinajstić information content (AvgIpc) is 3.07. The molecule has 18 heteroatoms. The van der Waals surface area contributed by atoms with Gasteiger partial charge in [-0.05, 0) is 57.5 Å². The molecule has 54 heavy (non-hydrogen) atoms. The Balaban J connectivity index is 0.000000266. The molecule has 0 spiro atoms. The Kier molecular flexibility index (Phi) is 13.1. The summed E-state index contributed by atoms with van der Waals surface area (Å²) in [5.41, 5.74) is 2.26. The maximum atomic E-state index is 12.5. The second-order valence-electron chi connectivity index (χ2n) is 12.3. The Labute approximate surface area is 312 Å². The number of aromatic nitrogens is 2. The SMILES string of the molecule is CCOC(=O)c1cc(C#N)c(N2CC(C(=O)NS(=O)(=O)Cc3ccc(OC)cc3)C2)nc1C.CCOC(=O)c1cc(C#N)c(N2CC(C(=O)O)C2)nc1C. The normalized spacial score (nSPS) is 13.8. The van der Waals surface area contributed by atoms with Crippen LogP contribution in [0.4, 0.5) is 11.6 Å². The number of ether oxygens (including phenoxy) is 3. The molecule has 0 aliphatic carbocycles. The van der Waals surface area contributed by atoms with Crippen molar-refractivity contribution in [2.75, 3.05) is 56.3 Å². The molecule has 0 unspecified atom stereocenters. The van der Waals surface area contributed by atoms with Crippen LogP contribution in [-0.4, -0.2) is 93.8 Å².